The molecule has 0 aromatic heterocycles. The molecule has 1 aromatic carbocycles. The Morgan fingerprint density at radius 3 is 2.14 bits per heavy atom. The number of fused-ring (bicyclic) bond motifs is 1. The third-order valence-electron chi connectivity index (χ3n) is 1.81. The zero-order valence-corrected chi connectivity index (χ0v) is 8.65. The first-order chi connectivity index (χ1) is 6.29. The van der Waals surface area contributed by atoms with Gasteiger partial charge in [0.15, 0.2) is 11.5 Å². The zero-order valence-electron chi connectivity index (χ0n) is 7.76. The van der Waals surface area contributed by atoms with Crippen LogP contribution in [0.2, 0.25) is 0 Å². The lowest BCUT2D eigenvalue weighted by Gasteiger charge is -1.89. The highest BCUT2D eigenvalue weighted by atomic mass is 31.2. The molecule has 14 heavy (non-hydrogen) atoms. The van der Waals surface area contributed by atoms with Crippen molar-refractivity contribution < 1.29 is 24.0 Å². The Hall–Kier alpha value is -0.870. The van der Waals surface area contributed by atoms with Crippen LogP contribution in [0, 0.1) is 13.8 Å². The summed E-state index contributed by atoms with van der Waals surface area (Å²) < 4.78 is 14.0. The Labute approximate surface area is 81.2 Å². The lowest BCUT2D eigenvalue weighted by molar-refractivity contribution is 0.275. The van der Waals surface area contributed by atoms with Crippen molar-refractivity contribution >= 4 is 7.82 Å². The van der Waals surface area contributed by atoms with Crippen LogP contribution in [-0.4, -0.2) is 14.7 Å². The average Bonchev–Trinajstić information content (AvgIpc) is 2.73. The lowest BCUT2D eigenvalue weighted by atomic mass is 10.1. The molecule has 0 atom stereocenters. The highest BCUT2D eigenvalue weighted by Crippen LogP contribution is 2.48. The molecule has 0 saturated carbocycles. The normalized spacial score (nSPS) is 12.1. The van der Waals surface area contributed by atoms with Crippen molar-refractivity contribution in [2.75, 3.05) is 0 Å². The van der Waals surface area contributed by atoms with Gasteiger partial charge in [-0.05, 0) is 31.0 Å². The molecule has 1 aliphatic rings. The van der Waals surface area contributed by atoms with Crippen molar-refractivity contribution in [2.45, 2.75) is 13.8 Å². The molecule has 0 fully saturated rings. The van der Waals surface area contributed by atoms with Crippen LogP contribution < -0.4 is 4.74 Å². The minimum atomic E-state index is -4.64. The van der Waals surface area contributed by atoms with Gasteiger partial charge in [-0.2, -0.15) is 0 Å². The molecular weight excluding hydrogens is 207 g/mol. The van der Waals surface area contributed by atoms with Gasteiger partial charge in [0.25, 0.3) is 0 Å². The molecule has 3 N–H and O–H groups in total. The van der Waals surface area contributed by atoms with E-state index < -0.39 is 7.82 Å². The van der Waals surface area contributed by atoms with Crippen LogP contribution in [0.3, 0.4) is 0 Å². The van der Waals surface area contributed by atoms with E-state index >= 15 is 0 Å². The molecule has 0 unspecified atom stereocenters. The Morgan fingerprint density at radius 1 is 1.21 bits per heavy atom. The largest absolute Gasteiger partial charge is 0.466 e. The van der Waals surface area contributed by atoms with E-state index in [0.717, 1.165) is 11.5 Å². The van der Waals surface area contributed by atoms with Gasteiger partial charge in [0, 0.05) is 0 Å². The topological polar surface area (TPSA) is 90.3 Å². The molecule has 6 heteroatoms. The summed E-state index contributed by atoms with van der Waals surface area (Å²) >= 11 is 0. The third kappa shape index (κ3) is 3.47. The lowest BCUT2D eigenvalue weighted by Crippen LogP contribution is -1.71. The van der Waals surface area contributed by atoms with Crippen LogP contribution in [0.5, 0.6) is 11.5 Å². The number of phosphoric acid groups is 1. The smallest absolute Gasteiger partial charge is 0.449 e. The molecule has 78 valence electrons. The maximum atomic E-state index is 8.88. The average molecular weight is 218 g/mol. The standard InChI is InChI=1S/C8H8O.H3O4P/c1-5-3-4-7-8(9-7)6(5)2;1-5(2,3)4/h3-4H,1-2H3;(H3,1,2,3,4). The molecule has 1 aromatic rings. The number of rotatable bonds is 0. The van der Waals surface area contributed by atoms with Crippen LogP contribution in [0.1, 0.15) is 11.1 Å². The van der Waals surface area contributed by atoms with Gasteiger partial charge >= 0.3 is 7.82 Å². The minimum Gasteiger partial charge on any atom is -0.449 e. The molecule has 1 heterocycles. The molecule has 1 aliphatic heterocycles. The molecule has 0 amide bonds. The highest BCUT2D eigenvalue weighted by Gasteiger charge is 2.22. The second-order valence-corrected chi connectivity index (χ2v) is 3.98. The Balaban J connectivity index is 0.000000171. The summed E-state index contributed by atoms with van der Waals surface area (Å²) in [6, 6.07) is 4.10. The van der Waals surface area contributed by atoms with Gasteiger partial charge in [-0.25, -0.2) is 4.57 Å². The number of benzene rings is 1. The number of ether oxygens (including phenoxy) is 1. The summed E-state index contributed by atoms with van der Waals surface area (Å²) in [5.41, 5.74) is 2.60. The van der Waals surface area contributed by atoms with E-state index in [1.807, 2.05) is 6.07 Å². The molecule has 2 rings (SSSR count). The summed E-state index contributed by atoms with van der Waals surface area (Å²) in [5, 5.41) is 0. The maximum Gasteiger partial charge on any atom is 0.466 e. The van der Waals surface area contributed by atoms with E-state index in [4.69, 9.17) is 24.0 Å². The van der Waals surface area contributed by atoms with E-state index in [2.05, 4.69) is 19.9 Å². The predicted molar refractivity (Wildman–Crippen MR) is 50.3 cm³/mol. The fourth-order valence-corrected chi connectivity index (χ4v) is 0.960. The van der Waals surface area contributed by atoms with Gasteiger partial charge in [-0.15, -0.1) is 0 Å². The molecule has 0 spiro atoms. The van der Waals surface area contributed by atoms with E-state index in [1.165, 1.54) is 11.1 Å². The first kappa shape index (κ1) is 11.2. The molecule has 5 nitrogen and oxygen atoms in total. The van der Waals surface area contributed by atoms with E-state index in [1.54, 1.807) is 0 Å². The van der Waals surface area contributed by atoms with Gasteiger partial charge in [0.05, 0.1) is 0 Å². The minimum absolute atomic E-state index is 1.05. The predicted octanol–water partition coefficient (Wildman–Crippen LogP) is 1.48. The summed E-state index contributed by atoms with van der Waals surface area (Å²) in [5.74, 6) is 2.15. The quantitative estimate of drug-likeness (QED) is 0.460. The van der Waals surface area contributed by atoms with Gasteiger partial charge in [0.1, 0.15) is 0 Å². The van der Waals surface area contributed by atoms with Gasteiger partial charge in [0.2, 0.25) is 0 Å². The number of hydrogen-bond donors (Lipinski definition) is 3. The van der Waals surface area contributed by atoms with Crippen molar-refractivity contribution in [3.8, 4) is 11.5 Å². The van der Waals surface area contributed by atoms with Gasteiger partial charge < -0.3 is 19.4 Å². The monoisotopic (exact) mass is 218 g/mol. The van der Waals surface area contributed by atoms with Crippen LogP contribution in [0.15, 0.2) is 12.1 Å². The molecule has 0 saturated heterocycles. The highest BCUT2D eigenvalue weighted by molar-refractivity contribution is 7.45. The molecule has 0 bridgehead atoms. The summed E-state index contributed by atoms with van der Waals surface area (Å²) in [4.78, 5) is 21.6. The first-order valence-electron chi connectivity index (χ1n) is 3.85. The number of aryl methyl sites for hydroxylation is 1. The van der Waals surface area contributed by atoms with E-state index in [9.17, 15) is 0 Å². The first-order valence-corrected chi connectivity index (χ1v) is 5.42. The summed E-state index contributed by atoms with van der Waals surface area (Å²) in [6.45, 7) is 4.18. The molecular formula is C8H11O5P. The van der Waals surface area contributed by atoms with Crippen molar-refractivity contribution in [1.82, 2.24) is 0 Å². The SMILES string of the molecule is Cc1ccc2c(c1C)O2.O=P(O)(O)O. The Bertz CT molecular complexity index is 383. The van der Waals surface area contributed by atoms with Crippen molar-refractivity contribution in [3.63, 3.8) is 0 Å². The molecule has 0 aliphatic carbocycles. The Morgan fingerprint density at radius 2 is 1.71 bits per heavy atom. The van der Waals surface area contributed by atoms with Crippen molar-refractivity contribution in [1.29, 1.82) is 0 Å². The third-order valence-corrected chi connectivity index (χ3v) is 1.81. The summed E-state index contributed by atoms with van der Waals surface area (Å²) in [6.07, 6.45) is 0. The summed E-state index contributed by atoms with van der Waals surface area (Å²) in [7, 11) is -4.64. The number of hydrogen-bond acceptors (Lipinski definition) is 2. The second kappa shape index (κ2) is 3.71. The van der Waals surface area contributed by atoms with Crippen LogP contribution >= 0.6 is 7.82 Å². The van der Waals surface area contributed by atoms with E-state index in [0.29, 0.717) is 0 Å². The fraction of sp³-hybridized carbons (Fsp3) is 0.250. The Kier molecular flexibility index (Phi) is 2.97. The zero-order chi connectivity index (χ0) is 10.9. The van der Waals surface area contributed by atoms with Crippen molar-refractivity contribution in [2.24, 2.45) is 0 Å². The van der Waals surface area contributed by atoms with Gasteiger partial charge in [-0.3, -0.25) is 0 Å². The van der Waals surface area contributed by atoms with Crippen LogP contribution in [0.4, 0.5) is 0 Å². The van der Waals surface area contributed by atoms with Crippen LogP contribution in [-0.2, 0) is 4.57 Å². The second-order valence-electron chi connectivity index (χ2n) is 2.95. The van der Waals surface area contributed by atoms with Crippen LogP contribution in [0.25, 0.3) is 0 Å². The molecule has 0 radical (unpaired) electrons. The van der Waals surface area contributed by atoms with E-state index in [-0.39, 0.29) is 0 Å². The van der Waals surface area contributed by atoms with Crippen molar-refractivity contribution in [3.05, 3.63) is 23.3 Å². The van der Waals surface area contributed by atoms with Gasteiger partial charge in [-0.1, -0.05) is 6.07 Å². The maximum absolute atomic E-state index is 8.88. The fourth-order valence-electron chi connectivity index (χ4n) is 0.960.